The molecule has 17 heavy (non-hydrogen) atoms. The highest BCUT2D eigenvalue weighted by Gasteiger charge is 2.09. The Morgan fingerprint density at radius 3 is 2.65 bits per heavy atom. The molecule has 0 radical (unpaired) electrons. The first-order chi connectivity index (χ1) is 8.08. The summed E-state index contributed by atoms with van der Waals surface area (Å²) in [6, 6.07) is 4.74. The van der Waals surface area contributed by atoms with Crippen molar-refractivity contribution in [2.24, 2.45) is 0 Å². The number of esters is 1. The number of benzene rings is 1. The molecule has 0 saturated heterocycles. The minimum atomic E-state index is -0.427. The van der Waals surface area contributed by atoms with Crippen LogP contribution in [0.3, 0.4) is 0 Å². The van der Waals surface area contributed by atoms with Gasteiger partial charge < -0.3 is 14.8 Å². The smallest absolute Gasteiger partial charge is 0.337 e. The lowest BCUT2D eigenvalue weighted by molar-refractivity contribution is -0.122. The molecule has 1 aromatic carbocycles. The minimum absolute atomic E-state index is 0.0767. The first-order valence-electron chi connectivity index (χ1n) is 4.79. The van der Waals surface area contributed by atoms with Crippen molar-refractivity contribution in [3.63, 3.8) is 0 Å². The number of likely N-dealkylation sites (N-methyl/N-ethyl adjacent to an activating group) is 1. The molecule has 0 atom stereocenters. The van der Waals surface area contributed by atoms with E-state index in [0.29, 0.717) is 15.8 Å². The Morgan fingerprint density at radius 1 is 1.41 bits per heavy atom. The van der Waals surface area contributed by atoms with Gasteiger partial charge in [0.1, 0.15) is 5.75 Å². The molecule has 0 saturated carbocycles. The molecule has 92 valence electrons. The van der Waals surface area contributed by atoms with Crippen LogP contribution in [0.15, 0.2) is 22.7 Å². The molecule has 0 bridgehead atoms. The van der Waals surface area contributed by atoms with Crippen LogP contribution in [-0.2, 0) is 9.53 Å². The summed E-state index contributed by atoms with van der Waals surface area (Å²) in [7, 11) is 2.84. The van der Waals surface area contributed by atoms with Gasteiger partial charge >= 0.3 is 5.97 Å². The van der Waals surface area contributed by atoms with Crippen LogP contribution in [0.1, 0.15) is 10.4 Å². The number of methoxy groups -OCH3 is 1. The number of hydrogen-bond acceptors (Lipinski definition) is 4. The Morgan fingerprint density at radius 2 is 2.12 bits per heavy atom. The molecule has 0 fully saturated rings. The second-order valence-corrected chi connectivity index (χ2v) is 3.95. The van der Waals surface area contributed by atoms with Crippen LogP contribution in [0.2, 0.25) is 0 Å². The fourth-order valence-corrected chi connectivity index (χ4v) is 1.57. The zero-order valence-electron chi connectivity index (χ0n) is 9.45. The molecule has 0 spiro atoms. The van der Waals surface area contributed by atoms with E-state index in [-0.39, 0.29) is 12.5 Å². The van der Waals surface area contributed by atoms with E-state index in [2.05, 4.69) is 26.0 Å². The number of hydrogen-bond donors (Lipinski definition) is 1. The van der Waals surface area contributed by atoms with Crippen LogP contribution in [0.4, 0.5) is 0 Å². The van der Waals surface area contributed by atoms with Crippen LogP contribution in [0.5, 0.6) is 5.75 Å². The van der Waals surface area contributed by atoms with E-state index in [0.717, 1.165) is 0 Å². The zero-order chi connectivity index (χ0) is 12.8. The SMILES string of the molecule is CNC(=O)COc1ccc(C(=O)OC)cc1Br. The lowest BCUT2D eigenvalue weighted by Crippen LogP contribution is -2.24. The van der Waals surface area contributed by atoms with Gasteiger partial charge in [-0.25, -0.2) is 4.79 Å². The predicted molar refractivity (Wildman–Crippen MR) is 65.0 cm³/mol. The fraction of sp³-hybridized carbons (Fsp3) is 0.273. The van der Waals surface area contributed by atoms with Crippen LogP contribution >= 0.6 is 15.9 Å². The van der Waals surface area contributed by atoms with Crippen molar-refractivity contribution in [2.45, 2.75) is 0 Å². The normalized spacial score (nSPS) is 9.59. The molecule has 0 aliphatic carbocycles. The minimum Gasteiger partial charge on any atom is -0.483 e. The van der Waals surface area contributed by atoms with Crippen LogP contribution in [0.25, 0.3) is 0 Å². The van der Waals surface area contributed by atoms with Gasteiger partial charge in [0.25, 0.3) is 5.91 Å². The molecule has 0 heterocycles. The molecule has 1 amide bonds. The summed E-state index contributed by atoms with van der Waals surface area (Å²) in [5.41, 5.74) is 0.409. The van der Waals surface area contributed by atoms with Crippen molar-refractivity contribution in [1.82, 2.24) is 5.32 Å². The molecule has 1 aromatic rings. The number of carbonyl (C=O) groups is 2. The standard InChI is InChI=1S/C11H12BrNO4/c1-13-10(14)6-17-9-4-3-7(5-8(9)12)11(15)16-2/h3-5H,6H2,1-2H3,(H,13,14). The van der Waals surface area contributed by atoms with Crippen LogP contribution in [-0.4, -0.2) is 32.6 Å². The third-order valence-corrected chi connectivity index (χ3v) is 2.61. The van der Waals surface area contributed by atoms with Gasteiger partial charge in [0.05, 0.1) is 17.1 Å². The second kappa shape index (κ2) is 6.24. The lowest BCUT2D eigenvalue weighted by atomic mass is 10.2. The molecule has 6 heteroatoms. The summed E-state index contributed by atoms with van der Waals surface area (Å²) in [6.45, 7) is -0.0767. The maximum Gasteiger partial charge on any atom is 0.337 e. The number of ether oxygens (including phenoxy) is 2. The molecule has 1 rings (SSSR count). The van der Waals surface area contributed by atoms with E-state index in [9.17, 15) is 9.59 Å². The van der Waals surface area contributed by atoms with Gasteiger partial charge in [-0.15, -0.1) is 0 Å². The Hall–Kier alpha value is -1.56. The topological polar surface area (TPSA) is 64.6 Å². The highest BCUT2D eigenvalue weighted by atomic mass is 79.9. The van der Waals surface area contributed by atoms with Crippen molar-refractivity contribution in [3.8, 4) is 5.75 Å². The average molecular weight is 302 g/mol. The Kier molecular flexibility index (Phi) is 4.96. The van der Waals surface area contributed by atoms with E-state index in [1.807, 2.05) is 0 Å². The highest BCUT2D eigenvalue weighted by Crippen LogP contribution is 2.26. The summed E-state index contributed by atoms with van der Waals surface area (Å²) in [6.07, 6.45) is 0. The van der Waals surface area contributed by atoms with Gasteiger partial charge in [0.2, 0.25) is 0 Å². The Bertz CT molecular complexity index is 433. The maximum atomic E-state index is 11.2. The van der Waals surface area contributed by atoms with Gasteiger partial charge in [0, 0.05) is 7.05 Å². The van der Waals surface area contributed by atoms with E-state index < -0.39 is 5.97 Å². The molecule has 0 unspecified atom stereocenters. The lowest BCUT2D eigenvalue weighted by Gasteiger charge is -2.08. The summed E-state index contributed by atoms with van der Waals surface area (Å²) < 4.78 is 10.4. The zero-order valence-corrected chi connectivity index (χ0v) is 11.0. The number of nitrogens with one attached hydrogen (secondary N) is 1. The van der Waals surface area contributed by atoms with Gasteiger partial charge in [-0.2, -0.15) is 0 Å². The van der Waals surface area contributed by atoms with Crippen molar-refractivity contribution < 1.29 is 19.1 Å². The highest BCUT2D eigenvalue weighted by molar-refractivity contribution is 9.10. The van der Waals surface area contributed by atoms with E-state index >= 15 is 0 Å². The van der Waals surface area contributed by atoms with Gasteiger partial charge in [-0.3, -0.25) is 4.79 Å². The van der Waals surface area contributed by atoms with Crippen molar-refractivity contribution in [2.75, 3.05) is 20.8 Å². The molecule has 0 aliphatic heterocycles. The first kappa shape index (κ1) is 13.5. The fourth-order valence-electron chi connectivity index (χ4n) is 1.08. The van der Waals surface area contributed by atoms with Gasteiger partial charge in [-0.05, 0) is 34.1 Å². The number of halogens is 1. The Balaban J connectivity index is 2.76. The summed E-state index contributed by atoms with van der Waals surface area (Å²) in [4.78, 5) is 22.2. The maximum absolute atomic E-state index is 11.2. The molecular weight excluding hydrogens is 290 g/mol. The number of carbonyl (C=O) groups excluding carboxylic acids is 2. The third-order valence-electron chi connectivity index (χ3n) is 1.99. The number of amides is 1. The largest absolute Gasteiger partial charge is 0.483 e. The van der Waals surface area contributed by atoms with Crippen LogP contribution < -0.4 is 10.1 Å². The number of rotatable bonds is 4. The monoisotopic (exact) mass is 301 g/mol. The molecular formula is C11H12BrNO4. The summed E-state index contributed by atoms with van der Waals surface area (Å²) >= 11 is 3.25. The van der Waals surface area contributed by atoms with E-state index in [4.69, 9.17) is 4.74 Å². The molecule has 5 nitrogen and oxygen atoms in total. The quantitative estimate of drug-likeness (QED) is 0.853. The third kappa shape index (κ3) is 3.74. The Labute approximate surface area is 107 Å². The first-order valence-corrected chi connectivity index (χ1v) is 5.59. The molecule has 1 N–H and O–H groups in total. The van der Waals surface area contributed by atoms with Gasteiger partial charge in [-0.1, -0.05) is 0 Å². The van der Waals surface area contributed by atoms with Crippen LogP contribution in [0, 0.1) is 0 Å². The molecule has 0 aliphatic rings. The van der Waals surface area contributed by atoms with Crippen molar-refractivity contribution in [1.29, 1.82) is 0 Å². The predicted octanol–water partition coefficient (Wildman–Crippen LogP) is 1.36. The van der Waals surface area contributed by atoms with Crippen molar-refractivity contribution >= 4 is 27.8 Å². The van der Waals surface area contributed by atoms with E-state index in [1.165, 1.54) is 14.2 Å². The molecule has 0 aromatic heterocycles. The van der Waals surface area contributed by atoms with Gasteiger partial charge in [0.15, 0.2) is 6.61 Å². The second-order valence-electron chi connectivity index (χ2n) is 3.10. The summed E-state index contributed by atoms with van der Waals surface area (Å²) in [5, 5.41) is 2.44. The average Bonchev–Trinajstić information content (AvgIpc) is 2.35. The summed E-state index contributed by atoms with van der Waals surface area (Å²) in [5.74, 6) is -0.168. The van der Waals surface area contributed by atoms with Crippen molar-refractivity contribution in [3.05, 3.63) is 28.2 Å². The van der Waals surface area contributed by atoms with E-state index in [1.54, 1.807) is 18.2 Å².